The number of hydrogen-bond donors (Lipinski definition) is 2. The van der Waals surface area contributed by atoms with Crippen LogP contribution in [0.2, 0.25) is 0 Å². The fourth-order valence-corrected chi connectivity index (χ4v) is 1.79. The maximum atomic E-state index is 11.2. The zero-order chi connectivity index (χ0) is 19.8. The summed E-state index contributed by atoms with van der Waals surface area (Å²) in [6.45, 7) is 11.1. The number of carbonyl (C=O) groups is 2. The summed E-state index contributed by atoms with van der Waals surface area (Å²) in [5.74, 6) is -0.326. The van der Waals surface area contributed by atoms with Crippen LogP contribution in [0.5, 0.6) is 5.75 Å². The zero-order valence-corrected chi connectivity index (χ0v) is 16.1. The van der Waals surface area contributed by atoms with Gasteiger partial charge in [0.2, 0.25) is 0 Å². The first-order valence-electron chi connectivity index (χ1n) is 8.51. The Morgan fingerprint density at radius 3 is 2.16 bits per heavy atom. The van der Waals surface area contributed by atoms with Crippen LogP contribution >= 0.6 is 0 Å². The molecule has 25 heavy (non-hydrogen) atoms. The molecule has 1 rings (SSSR count). The van der Waals surface area contributed by atoms with Crippen molar-refractivity contribution in [2.45, 2.75) is 53.1 Å². The molecule has 6 nitrogen and oxygen atoms in total. The Morgan fingerprint density at radius 2 is 1.76 bits per heavy atom. The number of carbonyl (C=O) groups excluding carboxylic acids is 1. The summed E-state index contributed by atoms with van der Waals surface area (Å²) in [5, 5.41) is 17.0. The van der Waals surface area contributed by atoms with Gasteiger partial charge < -0.3 is 24.6 Å². The van der Waals surface area contributed by atoms with Gasteiger partial charge >= 0.3 is 5.97 Å². The van der Waals surface area contributed by atoms with Gasteiger partial charge in [0.05, 0.1) is 11.7 Å². The fraction of sp³-hybridized carbons (Fsp3) is 0.579. The molecule has 144 valence electrons. The summed E-state index contributed by atoms with van der Waals surface area (Å²) in [4.78, 5) is 21.2. The van der Waals surface area contributed by atoms with Crippen LogP contribution in [0.25, 0.3) is 0 Å². The molecule has 0 atom stereocenters. The standard InChI is InChI=1S/C15H23NO3.C3H8O.CH2O/c1-5-6-7-16(4)13-8-12(15(17)18)9-14(10-13)19-11(2)3;1-2-3-4;1-2/h8-11H,5-7H2,1-4H3,(H,17,18);4H,2-3H2,1H3;1H2. The van der Waals surface area contributed by atoms with Gasteiger partial charge in [-0.25, -0.2) is 4.79 Å². The zero-order valence-electron chi connectivity index (χ0n) is 16.1. The van der Waals surface area contributed by atoms with Crippen molar-refractivity contribution >= 4 is 18.4 Å². The van der Waals surface area contributed by atoms with Crippen molar-refractivity contribution in [3.63, 3.8) is 0 Å². The van der Waals surface area contributed by atoms with Gasteiger partial charge in [0.25, 0.3) is 0 Å². The molecule has 0 saturated carbocycles. The second kappa shape index (κ2) is 15.4. The predicted octanol–water partition coefficient (Wildman–Crippen LogP) is 3.61. The van der Waals surface area contributed by atoms with Gasteiger partial charge in [-0.15, -0.1) is 0 Å². The molecule has 0 bridgehead atoms. The number of aliphatic hydroxyl groups excluding tert-OH is 1. The number of nitrogens with zero attached hydrogens (tertiary/aromatic N) is 1. The average Bonchev–Trinajstić information content (AvgIpc) is 2.60. The van der Waals surface area contributed by atoms with Crippen LogP contribution in [-0.2, 0) is 4.79 Å². The van der Waals surface area contributed by atoms with Crippen LogP contribution in [0.3, 0.4) is 0 Å². The molecule has 6 heteroatoms. The third kappa shape index (κ3) is 12.0. The van der Waals surface area contributed by atoms with Crippen LogP contribution < -0.4 is 9.64 Å². The Balaban J connectivity index is 0. The van der Waals surface area contributed by atoms with Crippen molar-refractivity contribution in [3.05, 3.63) is 23.8 Å². The average molecular weight is 355 g/mol. The van der Waals surface area contributed by atoms with E-state index in [9.17, 15) is 4.79 Å². The van der Waals surface area contributed by atoms with Gasteiger partial charge in [-0.3, -0.25) is 0 Å². The Hall–Kier alpha value is -2.08. The van der Waals surface area contributed by atoms with E-state index in [2.05, 4.69) is 11.8 Å². The summed E-state index contributed by atoms with van der Waals surface area (Å²) in [6.07, 6.45) is 3.09. The lowest BCUT2D eigenvalue weighted by Crippen LogP contribution is -2.19. The first-order chi connectivity index (χ1) is 11.8. The monoisotopic (exact) mass is 355 g/mol. The number of aliphatic hydroxyl groups is 1. The number of anilines is 1. The first-order valence-corrected chi connectivity index (χ1v) is 8.51. The van der Waals surface area contributed by atoms with Crippen LogP contribution in [0.4, 0.5) is 5.69 Å². The lowest BCUT2D eigenvalue weighted by molar-refractivity contribution is -0.0980. The topological polar surface area (TPSA) is 87.1 Å². The van der Waals surface area contributed by atoms with Crippen LogP contribution in [0.1, 0.15) is 57.3 Å². The van der Waals surface area contributed by atoms with E-state index in [0.29, 0.717) is 12.4 Å². The highest BCUT2D eigenvalue weighted by Gasteiger charge is 2.11. The van der Waals surface area contributed by atoms with Crippen LogP contribution in [0.15, 0.2) is 18.2 Å². The van der Waals surface area contributed by atoms with Gasteiger partial charge in [-0.2, -0.15) is 0 Å². The molecule has 0 saturated heterocycles. The molecular formula is C19H33NO5. The summed E-state index contributed by atoms with van der Waals surface area (Å²) in [5.41, 5.74) is 1.14. The fourth-order valence-electron chi connectivity index (χ4n) is 1.79. The minimum atomic E-state index is -0.931. The van der Waals surface area contributed by atoms with Gasteiger partial charge in [0.1, 0.15) is 12.5 Å². The minimum Gasteiger partial charge on any atom is -0.491 e. The van der Waals surface area contributed by atoms with E-state index in [-0.39, 0.29) is 11.7 Å². The van der Waals surface area contributed by atoms with Crippen molar-refractivity contribution in [1.29, 1.82) is 0 Å². The number of benzene rings is 1. The molecule has 0 aliphatic carbocycles. The highest BCUT2D eigenvalue weighted by atomic mass is 16.5. The van der Waals surface area contributed by atoms with E-state index in [0.717, 1.165) is 31.5 Å². The largest absolute Gasteiger partial charge is 0.491 e. The Morgan fingerprint density at radius 1 is 1.20 bits per heavy atom. The molecule has 0 amide bonds. The molecule has 0 spiro atoms. The molecule has 0 unspecified atom stereocenters. The number of carboxylic acid groups (broad SMARTS) is 1. The number of carboxylic acids is 1. The smallest absolute Gasteiger partial charge is 0.335 e. The third-order valence-electron chi connectivity index (χ3n) is 3.02. The number of ether oxygens (including phenoxy) is 1. The lowest BCUT2D eigenvalue weighted by atomic mass is 10.1. The minimum absolute atomic E-state index is 0.0258. The number of unbranched alkanes of at least 4 members (excludes halogenated alkanes) is 1. The van der Waals surface area contributed by atoms with Gasteiger partial charge in [0.15, 0.2) is 0 Å². The van der Waals surface area contributed by atoms with Crippen LogP contribution in [0, 0.1) is 0 Å². The molecule has 0 fully saturated rings. The molecule has 0 aliphatic heterocycles. The number of rotatable bonds is 8. The highest BCUT2D eigenvalue weighted by Crippen LogP contribution is 2.24. The number of aromatic carboxylic acids is 1. The second-order valence-corrected chi connectivity index (χ2v) is 5.69. The van der Waals surface area contributed by atoms with E-state index >= 15 is 0 Å². The van der Waals surface area contributed by atoms with Gasteiger partial charge in [-0.1, -0.05) is 20.3 Å². The molecule has 2 N–H and O–H groups in total. The highest BCUT2D eigenvalue weighted by molar-refractivity contribution is 5.89. The molecule has 0 aromatic heterocycles. The summed E-state index contributed by atoms with van der Waals surface area (Å²) >= 11 is 0. The normalized spacial score (nSPS) is 9.40. The maximum Gasteiger partial charge on any atom is 0.335 e. The predicted molar refractivity (Wildman–Crippen MR) is 102 cm³/mol. The first kappa shape index (κ1) is 25.2. The lowest BCUT2D eigenvalue weighted by Gasteiger charge is -2.21. The molecule has 1 aromatic carbocycles. The Labute approximate surface area is 151 Å². The quantitative estimate of drug-likeness (QED) is 0.741. The van der Waals surface area contributed by atoms with Crippen molar-refractivity contribution < 1.29 is 24.5 Å². The second-order valence-electron chi connectivity index (χ2n) is 5.69. The molecule has 0 heterocycles. The van der Waals surface area contributed by atoms with E-state index < -0.39 is 5.97 Å². The van der Waals surface area contributed by atoms with Gasteiger partial charge in [0, 0.05) is 32.0 Å². The van der Waals surface area contributed by atoms with Crippen molar-refractivity contribution in [2.24, 2.45) is 0 Å². The van der Waals surface area contributed by atoms with E-state index in [1.165, 1.54) is 0 Å². The molecular weight excluding hydrogens is 322 g/mol. The Bertz CT molecular complexity index is 475. The molecule has 1 aromatic rings. The summed E-state index contributed by atoms with van der Waals surface area (Å²) in [6, 6.07) is 5.15. The van der Waals surface area contributed by atoms with Gasteiger partial charge in [-0.05, 0) is 38.8 Å². The van der Waals surface area contributed by atoms with E-state index in [4.69, 9.17) is 19.7 Å². The van der Waals surface area contributed by atoms with Crippen LogP contribution in [-0.4, -0.2) is 49.3 Å². The van der Waals surface area contributed by atoms with E-state index in [1.807, 2.05) is 40.7 Å². The molecule has 0 aliphatic rings. The number of hydrogen-bond acceptors (Lipinski definition) is 5. The maximum absolute atomic E-state index is 11.2. The van der Waals surface area contributed by atoms with Crippen molar-refractivity contribution in [1.82, 2.24) is 0 Å². The summed E-state index contributed by atoms with van der Waals surface area (Å²) < 4.78 is 5.61. The Kier molecular flexibility index (Phi) is 15.5. The molecule has 0 radical (unpaired) electrons. The SMILES string of the molecule is C=O.CCCCN(C)c1cc(OC(C)C)cc(C(=O)O)c1.CCCO. The van der Waals surface area contributed by atoms with E-state index in [1.54, 1.807) is 12.1 Å². The van der Waals surface area contributed by atoms with Crippen molar-refractivity contribution in [3.8, 4) is 5.75 Å². The summed E-state index contributed by atoms with van der Waals surface area (Å²) in [7, 11) is 1.97. The van der Waals surface area contributed by atoms with Crippen molar-refractivity contribution in [2.75, 3.05) is 25.1 Å². The third-order valence-corrected chi connectivity index (χ3v) is 3.02.